The lowest BCUT2D eigenvalue weighted by molar-refractivity contribution is -0.291. The number of ether oxygens (including phenoxy) is 1. The van der Waals surface area contributed by atoms with E-state index in [9.17, 15) is 20.1 Å². The molecular weight excluding hydrogens is 246 g/mol. The van der Waals surface area contributed by atoms with Crippen LogP contribution in [-0.4, -0.2) is 54.9 Å². The van der Waals surface area contributed by atoms with Crippen LogP contribution in [-0.2, 0) is 10.6 Å². The summed E-state index contributed by atoms with van der Waals surface area (Å²) < 4.78 is 5.51. The summed E-state index contributed by atoms with van der Waals surface area (Å²) >= 11 is 0. The molecule has 9 nitrogen and oxygen atoms in total. The first-order valence-electron chi connectivity index (χ1n) is 5.13. The number of hydrogen-bond donors (Lipinski definition) is 5. The average Bonchev–Trinajstić information content (AvgIpc) is 2.54. The quantitative estimate of drug-likeness (QED) is 0.367. The van der Waals surface area contributed by atoms with E-state index in [0.29, 0.717) is 4.57 Å². The first kappa shape index (κ1) is 12.9. The van der Waals surface area contributed by atoms with E-state index in [1.165, 1.54) is 6.07 Å². The summed E-state index contributed by atoms with van der Waals surface area (Å²) in [6, 6.07) is 1.22. The second-order valence-corrected chi connectivity index (χ2v) is 3.94. The summed E-state index contributed by atoms with van der Waals surface area (Å²) in [5.41, 5.74) is 4.33. The van der Waals surface area contributed by atoms with Gasteiger partial charge in [0.2, 0.25) is 0 Å². The Morgan fingerprint density at radius 1 is 1.56 bits per heavy atom. The Morgan fingerprint density at radius 3 is 2.72 bits per heavy atom. The number of aliphatic hydroxyl groups is 4. The Bertz CT molecular complexity index is 505. The molecular formula is C9H13N3O6. The first-order valence-corrected chi connectivity index (χ1v) is 5.13. The van der Waals surface area contributed by atoms with Crippen molar-refractivity contribution >= 4 is 5.82 Å². The largest absolute Gasteiger partial charge is 0.394 e. The van der Waals surface area contributed by atoms with E-state index in [-0.39, 0.29) is 5.82 Å². The van der Waals surface area contributed by atoms with Crippen LogP contribution in [0.4, 0.5) is 5.82 Å². The summed E-state index contributed by atoms with van der Waals surface area (Å²) in [6.45, 7) is -0.627. The maximum Gasteiger partial charge on any atom is 0.353 e. The number of hydrogen-bond acceptors (Lipinski definition) is 8. The van der Waals surface area contributed by atoms with Crippen molar-refractivity contribution in [2.24, 2.45) is 0 Å². The molecule has 0 bridgehead atoms. The van der Waals surface area contributed by atoms with Crippen LogP contribution in [0.3, 0.4) is 0 Å². The molecule has 1 saturated heterocycles. The van der Waals surface area contributed by atoms with Gasteiger partial charge in [-0.05, 0) is 6.07 Å². The summed E-state index contributed by atoms with van der Waals surface area (Å²) in [5.74, 6) is -2.56. The molecule has 0 aromatic carbocycles. The highest BCUT2D eigenvalue weighted by Crippen LogP contribution is 2.32. The lowest BCUT2D eigenvalue weighted by atomic mass is 10.1. The Kier molecular flexibility index (Phi) is 3.09. The second kappa shape index (κ2) is 4.30. The highest BCUT2D eigenvalue weighted by molar-refractivity contribution is 5.23. The van der Waals surface area contributed by atoms with E-state index in [4.69, 9.17) is 15.6 Å². The Hall–Kier alpha value is -1.52. The minimum absolute atomic E-state index is 0.0633. The smallest absolute Gasteiger partial charge is 0.353 e. The van der Waals surface area contributed by atoms with E-state index in [1.54, 1.807) is 0 Å². The van der Waals surface area contributed by atoms with Crippen molar-refractivity contribution in [1.82, 2.24) is 9.55 Å². The highest BCUT2D eigenvalue weighted by atomic mass is 16.7. The molecule has 1 fully saturated rings. The summed E-state index contributed by atoms with van der Waals surface area (Å²) in [5, 5.41) is 38.3. The van der Waals surface area contributed by atoms with Gasteiger partial charge in [0.25, 0.3) is 5.91 Å². The number of rotatable bonds is 2. The fourth-order valence-corrected chi connectivity index (χ4v) is 1.79. The molecule has 1 aliphatic heterocycles. The van der Waals surface area contributed by atoms with Gasteiger partial charge in [0, 0.05) is 6.20 Å². The van der Waals surface area contributed by atoms with Gasteiger partial charge in [-0.2, -0.15) is 4.98 Å². The summed E-state index contributed by atoms with van der Waals surface area (Å²) in [6.07, 6.45) is -3.49. The fourth-order valence-electron chi connectivity index (χ4n) is 1.79. The van der Waals surface area contributed by atoms with Crippen molar-refractivity contribution in [3.63, 3.8) is 0 Å². The summed E-state index contributed by atoms with van der Waals surface area (Å²) in [4.78, 5) is 14.9. The number of nitrogen functional groups attached to an aromatic ring is 1. The molecule has 1 aromatic heterocycles. The van der Waals surface area contributed by atoms with Crippen LogP contribution in [0.15, 0.2) is 17.1 Å². The van der Waals surface area contributed by atoms with Crippen LogP contribution in [0, 0.1) is 0 Å². The standard InChI is InChI=1S/C9H13N3O6/c10-5-1-2-12(8(16)11-5)9(17)7(15)6(14)4(3-13)18-9/h1-2,4,6-7,13-15,17H,3H2,(H2,10,11,16)/t4-,6-,7-,9-/m1/s1. The molecule has 0 amide bonds. The van der Waals surface area contributed by atoms with E-state index >= 15 is 0 Å². The molecule has 6 N–H and O–H groups in total. The number of nitrogens with two attached hydrogens (primary N) is 1. The fraction of sp³-hybridized carbons (Fsp3) is 0.556. The van der Waals surface area contributed by atoms with Gasteiger partial charge in [-0.25, -0.2) is 9.36 Å². The summed E-state index contributed by atoms with van der Waals surface area (Å²) in [7, 11) is 0. The molecule has 0 unspecified atom stereocenters. The topological polar surface area (TPSA) is 151 Å². The minimum atomic E-state index is -2.50. The molecule has 0 radical (unpaired) electrons. The third-order valence-electron chi connectivity index (χ3n) is 2.76. The number of aromatic nitrogens is 2. The third kappa shape index (κ3) is 1.78. The van der Waals surface area contributed by atoms with Crippen LogP contribution < -0.4 is 11.4 Å². The van der Waals surface area contributed by atoms with Crippen molar-refractivity contribution in [3.05, 3.63) is 22.7 Å². The third-order valence-corrected chi connectivity index (χ3v) is 2.76. The van der Waals surface area contributed by atoms with E-state index in [2.05, 4.69) is 4.98 Å². The molecule has 2 rings (SSSR count). The van der Waals surface area contributed by atoms with E-state index in [0.717, 1.165) is 6.20 Å². The Labute approximate surface area is 101 Å². The van der Waals surface area contributed by atoms with Crippen LogP contribution in [0.25, 0.3) is 0 Å². The van der Waals surface area contributed by atoms with Crippen LogP contribution in [0.2, 0.25) is 0 Å². The van der Waals surface area contributed by atoms with E-state index < -0.39 is 36.5 Å². The predicted molar refractivity (Wildman–Crippen MR) is 57.1 cm³/mol. The Morgan fingerprint density at radius 2 is 2.22 bits per heavy atom. The lowest BCUT2D eigenvalue weighted by Crippen LogP contribution is -2.50. The van der Waals surface area contributed by atoms with Crippen molar-refractivity contribution in [2.75, 3.05) is 12.3 Å². The maximum absolute atomic E-state index is 11.6. The van der Waals surface area contributed by atoms with Crippen molar-refractivity contribution < 1.29 is 25.2 Å². The van der Waals surface area contributed by atoms with Crippen molar-refractivity contribution in [2.45, 2.75) is 24.2 Å². The van der Waals surface area contributed by atoms with Gasteiger partial charge in [-0.1, -0.05) is 0 Å². The predicted octanol–water partition coefficient (Wildman–Crippen LogP) is -3.46. The maximum atomic E-state index is 11.6. The number of aliphatic hydroxyl groups excluding tert-OH is 3. The zero-order chi connectivity index (χ0) is 13.5. The van der Waals surface area contributed by atoms with Gasteiger partial charge in [-0.15, -0.1) is 0 Å². The Balaban J connectivity index is 2.46. The zero-order valence-electron chi connectivity index (χ0n) is 9.17. The monoisotopic (exact) mass is 259 g/mol. The molecule has 9 heteroatoms. The van der Waals surface area contributed by atoms with Crippen LogP contribution >= 0.6 is 0 Å². The lowest BCUT2D eigenvalue weighted by Gasteiger charge is -2.27. The molecule has 2 heterocycles. The molecule has 1 aliphatic rings. The van der Waals surface area contributed by atoms with Gasteiger partial charge in [0.15, 0.2) is 6.10 Å². The first-order chi connectivity index (χ1) is 8.40. The highest BCUT2D eigenvalue weighted by Gasteiger charge is 2.55. The molecule has 0 saturated carbocycles. The second-order valence-electron chi connectivity index (χ2n) is 3.94. The normalized spacial score (nSPS) is 35.9. The molecule has 18 heavy (non-hydrogen) atoms. The molecule has 4 atom stereocenters. The van der Waals surface area contributed by atoms with E-state index in [1.807, 2.05) is 0 Å². The van der Waals surface area contributed by atoms with Gasteiger partial charge in [0.1, 0.15) is 18.0 Å². The van der Waals surface area contributed by atoms with Crippen molar-refractivity contribution in [3.8, 4) is 0 Å². The molecule has 100 valence electrons. The minimum Gasteiger partial charge on any atom is -0.394 e. The number of anilines is 1. The zero-order valence-corrected chi connectivity index (χ0v) is 9.17. The van der Waals surface area contributed by atoms with Gasteiger partial charge >= 0.3 is 5.69 Å². The van der Waals surface area contributed by atoms with Gasteiger partial charge in [-0.3, -0.25) is 0 Å². The van der Waals surface area contributed by atoms with Gasteiger partial charge in [0.05, 0.1) is 6.61 Å². The van der Waals surface area contributed by atoms with Crippen LogP contribution in [0.5, 0.6) is 0 Å². The van der Waals surface area contributed by atoms with Crippen LogP contribution in [0.1, 0.15) is 0 Å². The average molecular weight is 259 g/mol. The number of nitrogens with zero attached hydrogens (tertiary/aromatic N) is 2. The SMILES string of the molecule is Nc1ccn([C@]2(O)O[C@H](CO)[C@@H](O)[C@H]2O)c(=O)n1. The van der Waals surface area contributed by atoms with Crippen molar-refractivity contribution in [1.29, 1.82) is 0 Å². The molecule has 0 spiro atoms. The van der Waals surface area contributed by atoms with Gasteiger partial charge < -0.3 is 30.9 Å². The molecule has 0 aliphatic carbocycles. The molecule has 1 aromatic rings.